The number of nitrogens with zero attached hydrogens (tertiary/aromatic N) is 3. The number of nitrogens with one attached hydrogen (secondary N) is 1. The number of rotatable bonds is 0. The van der Waals surface area contributed by atoms with Crippen molar-refractivity contribution in [3.05, 3.63) is 24.4 Å². The highest BCUT2D eigenvalue weighted by atomic mass is 79.9. The van der Waals surface area contributed by atoms with Gasteiger partial charge in [0.15, 0.2) is 0 Å². The van der Waals surface area contributed by atoms with Crippen molar-refractivity contribution in [1.29, 1.82) is 0 Å². The summed E-state index contributed by atoms with van der Waals surface area (Å²) in [6.07, 6.45) is 6.02. The molecule has 4 nitrogen and oxygen atoms in total. The van der Waals surface area contributed by atoms with E-state index in [9.17, 15) is 0 Å². The molecule has 0 saturated carbocycles. The van der Waals surface area contributed by atoms with Crippen LogP contribution >= 0.6 is 15.9 Å². The lowest BCUT2D eigenvalue weighted by molar-refractivity contribution is -0.853. The second-order valence-electron chi connectivity index (χ2n) is 3.04. The molecular weight excluding hydrogens is 220 g/mol. The number of amidine groups is 1. The maximum absolute atomic E-state index is 4.30. The van der Waals surface area contributed by atoms with Crippen molar-refractivity contribution in [1.82, 2.24) is 10.3 Å². The monoisotopic (exact) mass is 229 g/mol. The molecule has 64 valence electrons. The fourth-order valence-electron chi connectivity index (χ4n) is 1.20. The van der Waals surface area contributed by atoms with Gasteiger partial charge >= 0.3 is 0 Å². The molecular formula is C7H10BrN4+. The van der Waals surface area contributed by atoms with E-state index in [-0.39, 0.29) is 0 Å². The fraction of sp³-hybridized carbons (Fsp3) is 0.286. The zero-order valence-corrected chi connectivity index (χ0v) is 8.54. The van der Waals surface area contributed by atoms with Crippen LogP contribution in [-0.2, 0) is 0 Å². The highest BCUT2D eigenvalue weighted by Crippen LogP contribution is 2.24. The lowest BCUT2D eigenvalue weighted by Gasteiger charge is -2.27. The van der Waals surface area contributed by atoms with Crippen molar-refractivity contribution in [2.24, 2.45) is 4.99 Å². The normalized spacial score (nSPS) is 32.4. The zero-order valence-electron chi connectivity index (χ0n) is 6.95. The van der Waals surface area contributed by atoms with Crippen molar-refractivity contribution in [2.75, 3.05) is 14.1 Å². The van der Waals surface area contributed by atoms with Crippen LogP contribution in [0.15, 0.2) is 29.4 Å². The fourth-order valence-corrected chi connectivity index (χ4v) is 1.75. The molecule has 5 heteroatoms. The van der Waals surface area contributed by atoms with Crippen molar-refractivity contribution in [3.8, 4) is 0 Å². The summed E-state index contributed by atoms with van der Waals surface area (Å²) in [6.45, 7) is 0. The molecule has 0 fully saturated rings. The molecule has 0 radical (unpaired) electrons. The first-order valence-electron chi connectivity index (χ1n) is 3.62. The van der Waals surface area contributed by atoms with Gasteiger partial charge in [-0.2, -0.15) is 10.4 Å². The second-order valence-corrected chi connectivity index (χ2v) is 3.79. The molecule has 0 bridgehead atoms. The van der Waals surface area contributed by atoms with Crippen LogP contribution in [0.5, 0.6) is 0 Å². The van der Waals surface area contributed by atoms with E-state index in [2.05, 4.69) is 26.3 Å². The lowest BCUT2D eigenvalue weighted by Crippen LogP contribution is -2.47. The molecule has 0 spiro atoms. The first-order chi connectivity index (χ1) is 5.60. The van der Waals surface area contributed by atoms with Gasteiger partial charge in [0.1, 0.15) is 13.2 Å². The highest BCUT2D eigenvalue weighted by Gasteiger charge is 2.35. The summed E-state index contributed by atoms with van der Waals surface area (Å²) in [5.74, 6) is 0.979. The molecule has 0 aromatic rings. The third-order valence-electron chi connectivity index (χ3n) is 1.93. The van der Waals surface area contributed by atoms with Gasteiger partial charge in [-0.25, -0.2) is 0 Å². The van der Waals surface area contributed by atoms with Crippen LogP contribution in [0.2, 0.25) is 0 Å². The van der Waals surface area contributed by atoms with E-state index in [1.165, 1.54) is 0 Å². The van der Waals surface area contributed by atoms with Gasteiger partial charge in [-0.1, -0.05) is 0 Å². The van der Waals surface area contributed by atoms with Gasteiger partial charge in [-0.05, 0) is 15.9 Å². The Morgan fingerprint density at radius 2 is 2.42 bits per heavy atom. The number of fused-ring (bicyclic) bond motifs is 1. The van der Waals surface area contributed by atoms with Crippen LogP contribution in [0, 0.1) is 0 Å². The maximum Gasteiger partial charge on any atom is 0.276 e. The molecule has 1 unspecified atom stereocenters. The zero-order chi connectivity index (χ0) is 8.77. The van der Waals surface area contributed by atoms with Crippen molar-refractivity contribution in [2.45, 2.75) is 0 Å². The van der Waals surface area contributed by atoms with Crippen LogP contribution in [0.1, 0.15) is 0 Å². The predicted octanol–water partition coefficient (Wildman–Crippen LogP) is 0.918. The van der Waals surface area contributed by atoms with Gasteiger partial charge in [0.05, 0.1) is 12.4 Å². The van der Waals surface area contributed by atoms with Gasteiger partial charge in [0, 0.05) is 7.05 Å². The van der Waals surface area contributed by atoms with Crippen LogP contribution in [0.4, 0.5) is 0 Å². The standard InChI is InChI=1S/C7H10BrN4/c1-11-3-4-12(2)6(5-11)9-7(8)10-12/h3-5H,1-2H3,(H,9,10)/q+1. The second kappa shape index (κ2) is 2.34. The first kappa shape index (κ1) is 7.82. The van der Waals surface area contributed by atoms with Crippen LogP contribution in [0.25, 0.3) is 0 Å². The number of hydrogen-bond acceptors (Lipinski definition) is 3. The minimum absolute atomic E-state index is 0.533. The van der Waals surface area contributed by atoms with E-state index in [4.69, 9.17) is 0 Å². The number of aliphatic imine (C=N–C) groups is 1. The van der Waals surface area contributed by atoms with E-state index in [1.54, 1.807) is 0 Å². The largest absolute Gasteiger partial charge is 0.346 e. The molecule has 0 aromatic heterocycles. The molecule has 0 aromatic carbocycles. The Balaban J connectivity index is 2.40. The highest BCUT2D eigenvalue weighted by molar-refractivity contribution is 9.18. The molecule has 2 heterocycles. The Bertz CT molecular complexity index is 307. The van der Waals surface area contributed by atoms with Gasteiger partial charge in [0.2, 0.25) is 4.74 Å². The van der Waals surface area contributed by atoms with Crippen molar-refractivity contribution >= 4 is 20.7 Å². The quantitative estimate of drug-likeness (QED) is 0.495. The van der Waals surface area contributed by atoms with Crippen LogP contribution < -0.4 is 5.43 Å². The summed E-state index contributed by atoms with van der Waals surface area (Å²) in [6, 6.07) is 0. The molecule has 2 rings (SSSR count). The summed E-state index contributed by atoms with van der Waals surface area (Å²) >= 11 is 3.31. The van der Waals surface area contributed by atoms with Crippen LogP contribution in [-0.4, -0.2) is 28.3 Å². The smallest absolute Gasteiger partial charge is 0.276 e. The molecule has 0 saturated heterocycles. The number of hydrogen-bond donors (Lipinski definition) is 1. The van der Waals surface area contributed by atoms with Crippen molar-refractivity contribution < 1.29 is 4.59 Å². The summed E-state index contributed by atoms with van der Waals surface area (Å²) in [5.41, 5.74) is 3.18. The molecule has 2 aliphatic heterocycles. The van der Waals surface area contributed by atoms with E-state index in [0.717, 1.165) is 10.6 Å². The average molecular weight is 230 g/mol. The maximum atomic E-state index is 4.30. The predicted molar refractivity (Wildman–Crippen MR) is 50.7 cm³/mol. The minimum Gasteiger partial charge on any atom is -0.346 e. The van der Waals surface area contributed by atoms with Gasteiger partial charge in [0.25, 0.3) is 5.82 Å². The number of halogens is 1. The summed E-state index contributed by atoms with van der Waals surface area (Å²) in [7, 11) is 4.02. The Kier molecular flexibility index (Phi) is 1.52. The third kappa shape index (κ3) is 1.05. The van der Waals surface area contributed by atoms with Crippen molar-refractivity contribution in [3.63, 3.8) is 0 Å². The summed E-state index contributed by atoms with van der Waals surface area (Å²) in [4.78, 5) is 6.27. The molecule has 2 aliphatic rings. The lowest BCUT2D eigenvalue weighted by atomic mass is 10.5. The first-order valence-corrected chi connectivity index (χ1v) is 4.42. The number of quaternary nitrogens is 1. The Morgan fingerprint density at radius 1 is 1.67 bits per heavy atom. The minimum atomic E-state index is 0.533. The van der Waals surface area contributed by atoms with E-state index in [1.807, 2.05) is 37.6 Å². The molecule has 1 atom stereocenters. The topological polar surface area (TPSA) is 27.6 Å². The molecule has 0 amide bonds. The third-order valence-corrected chi connectivity index (χ3v) is 2.29. The Morgan fingerprint density at radius 3 is 3.17 bits per heavy atom. The molecule has 1 N–H and O–H groups in total. The molecule has 0 aliphatic carbocycles. The van der Waals surface area contributed by atoms with Crippen LogP contribution in [0.3, 0.4) is 0 Å². The summed E-state index contributed by atoms with van der Waals surface area (Å²) < 4.78 is 1.31. The molecule has 12 heavy (non-hydrogen) atoms. The van der Waals surface area contributed by atoms with E-state index < -0.39 is 0 Å². The average Bonchev–Trinajstić information content (AvgIpc) is 2.24. The van der Waals surface area contributed by atoms with Gasteiger partial charge in [-0.3, -0.25) is 0 Å². The van der Waals surface area contributed by atoms with E-state index >= 15 is 0 Å². The summed E-state index contributed by atoms with van der Waals surface area (Å²) in [5, 5.41) is 0. The SMILES string of the molecule is CN1C=C[N+]2(C)NC(Br)=NC2=C1. The Hall–Kier alpha value is -0.810. The van der Waals surface area contributed by atoms with E-state index in [0.29, 0.717) is 4.59 Å². The Labute approximate surface area is 79.6 Å². The van der Waals surface area contributed by atoms with Gasteiger partial charge < -0.3 is 4.90 Å². The van der Waals surface area contributed by atoms with Gasteiger partial charge in [-0.15, -0.1) is 4.59 Å².